The van der Waals surface area contributed by atoms with E-state index in [1.165, 1.54) is 0 Å². The molecule has 0 spiro atoms. The largest absolute Gasteiger partial charge is 0.338 e. The van der Waals surface area contributed by atoms with Gasteiger partial charge >= 0.3 is 0 Å². The van der Waals surface area contributed by atoms with E-state index in [0.29, 0.717) is 29.1 Å². The summed E-state index contributed by atoms with van der Waals surface area (Å²) >= 11 is 0. The van der Waals surface area contributed by atoms with E-state index >= 15 is 0 Å². The fourth-order valence-corrected chi connectivity index (χ4v) is 2.88. The maximum absolute atomic E-state index is 13.8. The van der Waals surface area contributed by atoms with Crippen molar-refractivity contribution in [1.82, 2.24) is 14.9 Å². The lowest BCUT2D eigenvalue weighted by atomic mass is 10.2. The van der Waals surface area contributed by atoms with E-state index in [4.69, 9.17) is 0 Å². The zero-order valence-corrected chi connectivity index (χ0v) is 15.0. The molecule has 1 amide bonds. The molecule has 1 aromatic heterocycles. The normalized spacial score (nSPS) is 15.2. The summed E-state index contributed by atoms with van der Waals surface area (Å²) in [5.74, 6) is -1.68. The van der Waals surface area contributed by atoms with Gasteiger partial charge in [-0.05, 0) is 33.0 Å². The molecule has 1 fully saturated rings. The Bertz CT molecular complexity index is 811. The number of carbonyl (C=O) groups excluding carboxylic acids is 1. The topological polar surface area (TPSA) is 61.4 Å². The molecule has 0 aliphatic carbocycles. The Balaban J connectivity index is 1.81. The number of amides is 1. The summed E-state index contributed by atoms with van der Waals surface area (Å²) in [4.78, 5) is 25.7. The SMILES string of the molecule is Cc1nc(N2CCN(C)CC2)nc(C)c1NC(=O)c1ccc(F)cc1F. The maximum Gasteiger partial charge on any atom is 0.258 e. The summed E-state index contributed by atoms with van der Waals surface area (Å²) in [6, 6.07) is 2.84. The van der Waals surface area contributed by atoms with Crippen LogP contribution in [-0.4, -0.2) is 54.0 Å². The third-order valence-corrected chi connectivity index (χ3v) is 4.46. The Morgan fingerprint density at radius 3 is 2.27 bits per heavy atom. The van der Waals surface area contributed by atoms with E-state index in [-0.39, 0.29) is 5.56 Å². The fourth-order valence-electron chi connectivity index (χ4n) is 2.88. The number of aryl methyl sites for hydroxylation is 2. The Morgan fingerprint density at radius 2 is 1.69 bits per heavy atom. The fraction of sp³-hybridized carbons (Fsp3) is 0.389. The van der Waals surface area contributed by atoms with E-state index < -0.39 is 17.5 Å². The number of nitrogens with one attached hydrogen (secondary N) is 1. The van der Waals surface area contributed by atoms with Gasteiger partial charge < -0.3 is 15.1 Å². The van der Waals surface area contributed by atoms with Gasteiger partial charge in [-0.1, -0.05) is 0 Å². The van der Waals surface area contributed by atoms with E-state index in [1.807, 2.05) is 0 Å². The highest BCUT2D eigenvalue weighted by Crippen LogP contribution is 2.22. The van der Waals surface area contributed by atoms with Crippen molar-refractivity contribution in [3.63, 3.8) is 0 Å². The van der Waals surface area contributed by atoms with Crippen molar-refractivity contribution in [2.45, 2.75) is 13.8 Å². The summed E-state index contributed by atoms with van der Waals surface area (Å²) in [7, 11) is 2.07. The number of carbonyl (C=O) groups is 1. The number of aromatic nitrogens is 2. The van der Waals surface area contributed by atoms with Crippen molar-refractivity contribution in [3.8, 4) is 0 Å². The molecule has 1 aliphatic heterocycles. The molecule has 0 atom stereocenters. The zero-order chi connectivity index (χ0) is 18.8. The lowest BCUT2D eigenvalue weighted by molar-refractivity contribution is 0.102. The second kappa shape index (κ2) is 7.33. The Kier molecular flexibility index (Phi) is 5.13. The van der Waals surface area contributed by atoms with Crippen LogP contribution in [-0.2, 0) is 0 Å². The minimum Gasteiger partial charge on any atom is -0.338 e. The van der Waals surface area contributed by atoms with Crippen LogP contribution < -0.4 is 10.2 Å². The summed E-state index contributed by atoms with van der Waals surface area (Å²) in [5, 5.41) is 2.64. The van der Waals surface area contributed by atoms with Gasteiger partial charge in [0.05, 0.1) is 22.6 Å². The molecule has 138 valence electrons. The Morgan fingerprint density at radius 1 is 1.08 bits per heavy atom. The van der Waals surface area contributed by atoms with Gasteiger partial charge in [-0.15, -0.1) is 0 Å². The number of benzene rings is 1. The molecular weight excluding hydrogens is 340 g/mol. The minimum atomic E-state index is -0.909. The molecule has 0 radical (unpaired) electrons. The Hall–Kier alpha value is -2.61. The van der Waals surface area contributed by atoms with Gasteiger partial charge in [0.25, 0.3) is 5.91 Å². The molecule has 1 saturated heterocycles. The molecule has 2 heterocycles. The highest BCUT2D eigenvalue weighted by molar-refractivity contribution is 6.05. The number of rotatable bonds is 3. The number of piperazine rings is 1. The zero-order valence-electron chi connectivity index (χ0n) is 15.0. The first kappa shape index (κ1) is 18.2. The average molecular weight is 361 g/mol. The van der Waals surface area contributed by atoms with Gasteiger partial charge in [-0.2, -0.15) is 0 Å². The van der Waals surface area contributed by atoms with Crippen molar-refractivity contribution >= 4 is 17.5 Å². The van der Waals surface area contributed by atoms with Crippen LogP contribution in [0.1, 0.15) is 21.7 Å². The smallest absolute Gasteiger partial charge is 0.258 e. The molecular formula is C18H21F2N5O. The summed E-state index contributed by atoms with van der Waals surface area (Å²) in [5.41, 5.74) is 1.41. The third kappa shape index (κ3) is 3.80. The van der Waals surface area contributed by atoms with Crippen LogP contribution in [0.15, 0.2) is 18.2 Å². The molecule has 1 N–H and O–H groups in total. The van der Waals surface area contributed by atoms with Gasteiger partial charge in [0, 0.05) is 32.2 Å². The van der Waals surface area contributed by atoms with Gasteiger partial charge in [0.2, 0.25) is 5.95 Å². The molecule has 3 rings (SSSR count). The number of anilines is 2. The quantitative estimate of drug-likeness (QED) is 0.910. The van der Waals surface area contributed by atoms with Gasteiger partial charge in [-0.3, -0.25) is 4.79 Å². The van der Waals surface area contributed by atoms with Gasteiger partial charge in [0.15, 0.2) is 0 Å². The van der Waals surface area contributed by atoms with Crippen molar-refractivity contribution in [3.05, 3.63) is 46.8 Å². The van der Waals surface area contributed by atoms with Crippen molar-refractivity contribution in [1.29, 1.82) is 0 Å². The van der Waals surface area contributed by atoms with E-state index in [9.17, 15) is 13.6 Å². The van der Waals surface area contributed by atoms with Crippen LogP contribution in [0.3, 0.4) is 0 Å². The molecule has 0 saturated carbocycles. The monoisotopic (exact) mass is 361 g/mol. The lowest BCUT2D eigenvalue weighted by Gasteiger charge is -2.32. The number of hydrogen-bond donors (Lipinski definition) is 1. The first-order valence-electron chi connectivity index (χ1n) is 8.40. The number of halogens is 2. The highest BCUT2D eigenvalue weighted by Gasteiger charge is 2.20. The second-order valence-corrected chi connectivity index (χ2v) is 6.44. The van der Waals surface area contributed by atoms with Gasteiger partial charge in [0.1, 0.15) is 11.6 Å². The van der Waals surface area contributed by atoms with Crippen LogP contribution in [0.25, 0.3) is 0 Å². The molecule has 0 unspecified atom stereocenters. The van der Waals surface area contributed by atoms with Crippen molar-refractivity contribution in [2.24, 2.45) is 0 Å². The first-order chi connectivity index (χ1) is 12.3. The number of nitrogens with zero attached hydrogens (tertiary/aromatic N) is 4. The predicted molar refractivity (Wildman–Crippen MR) is 95.5 cm³/mol. The predicted octanol–water partition coefficient (Wildman–Crippen LogP) is 2.38. The van der Waals surface area contributed by atoms with E-state index in [2.05, 4.69) is 32.1 Å². The van der Waals surface area contributed by atoms with Crippen LogP contribution in [0.4, 0.5) is 20.4 Å². The molecule has 2 aromatic rings. The number of hydrogen-bond acceptors (Lipinski definition) is 5. The highest BCUT2D eigenvalue weighted by atomic mass is 19.1. The molecule has 1 aromatic carbocycles. The average Bonchev–Trinajstić information content (AvgIpc) is 2.58. The second-order valence-electron chi connectivity index (χ2n) is 6.44. The standard InChI is InChI=1S/C18H21F2N5O/c1-11-16(23-17(26)14-5-4-13(19)10-15(14)20)12(2)22-18(21-11)25-8-6-24(3)7-9-25/h4-5,10H,6-9H2,1-3H3,(H,23,26). The molecule has 26 heavy (non-hydrogen) atoms. The van der Waals surface area contributed by atoms with Crippen LogP contribution in [0.5, 0.6) is 0 Å². The summed E-state index contributed by atoms with van der Waals surface area (Å²) in [6.45, 7) is 7.08. The van der Waals surface area contributed by atoms with Crippen LogP contribution >= 0.6 is 0 Å². The molecule has 6 nitrogen and oxygen atoms in total. The Labute approximate surface area is 150 Å². The maximum atomic E-state index is 13.8. The van der Waals surface area contributed by atoms with Crippen LogP contribution in [0, 0.1) is 25.5 Å². The summed E-state index contributed by atoms with van der Waals surface area (Å²) < 4.78 is 26.8. The third-order valence-electron chi connectivity index (χ3n) is 4.46. The molecule has 8 heteroatoms. The van der Waals surface area contributed by atoms with Crippen molar-refractivity contribution < 1.29 is 13.6 Å². The van der Waals surface area contributed by atoms with E-state index in [1.54, 1.807) is 13.8 Å². The van der Waals surface area contributed by atoms with Gasteiger partial charge in [-0.25, -0.2) is 18.7 Å². The van der Waals surface area contributed by atoms with Crippen LogP contribution in [0.2, 0.25) is 0 Å². The first-order valence-corrected chi connectivity index (χ1v) is 8.40. The molecule has 1 aliphatic rings. The minimum absolute atomic E-state index is 0.228. The van der Waals surface area contributed by atoms with Crippen molar-refractivity contribution in [2.75, 3.05) is 43.4 Å². The number of likely N-dealkylation sites (N-methyl/N-ethyl adjacent to an activating group) is 1. The molecule has 0 bridgehead atoms. The van der Waals surface area contributed by atoms with E-state index in [0.717, 1.165) is 38.3 Å². The summed E-state index contributed by atoms with van der Waals surface area (Å²) in [6.07, 6.45) is 0. The lowest BCUT2D eigenvalue weighted by Crippen LogP contribution is -2.45.